The van der Waals surface area contributed by atoms with Gasteiger partial charge in [-0.05, 0) is 65.0 Å². The molecule has 7 heteroatoms. The third kappa shape index (κ3) is 4.33. The first-order valence-electron chi connectivity index (χ1n) is 9.73. The number of carbonyl (C=O) groups is 2. The number of fused-ring (bicyclic) bond motifs is 2. The second-order valence-corrected chi connectivity index (χ2v) is 8.76. The van der Waals surface area contributed by atoms with Crippen molar-refractivity contribution in [2.45, 2.75) is 77.0 Å². The normalized spacial score (nSPS) is 24.8. The molecule has 2 bridgehead atoms. The average molecular weight is 397 g/mol. The second kappa shape index (κ2) is 7.76. The van der Waals surface area contributed by atoms with Gasteiger partial charge in [0, 0.05) is 30.0 Å². The molecule has 2 saturated heterocycles. The summed E-state index contributed by atoms with van der Waals surface area (Å²) in [5.41, 5.74) is -1.13. The van der Waals surface area contributed by atoms with Crippen LogP contribution in [-0.4, -0.2) is 34.5 Å². The zero-order chi connectivity index (χ0) is 20.6. The molecule has 2 atom stereocenters. The number of rotatable bonds is 3. The van der Waals surface area contributed by atoms with Crippen LogP contribution in [0.3, 0.4) is 0 Å². The van der Waals surface area contributed by atoms with Gasteiger partial charge in [-0.1, -0.05) is 0 Å². The molecule has 2 aliphatic heterocycles. The van der Waals surface area contributed by atoms with Crippen molar-refractivity contribution in [3.63, 3.8) is 0 Å². The van der Waals surface area contributed by atoms with Gasteiger partial charge >= 0.3 is 6.09 Å². The van der Waals surface area contributed by atoms with Gasteiger partial charge in [0.1, 0.15) is 17.2 Å². The lowest BCUT2D eigenvalue weighted by Crippen LogP contribution is -2.56. The quantitative estimate of drug-likeness (QED) is 0.690. The van der Waals surface area contributed by atoms with Gasteiger partial charge in [-0.25, -0.2) is 18.0 Å². The molecule has 4 nitrogen and oxygen atoms in total. The third-order valence-electron chi connectivity index (χ3n) is 5.52. The summed E-state index contributed by atoms with van der Waals surface area (Å²) in [6.07, 6.45) is 2.51. The van der Waals surface area contributed by atoms with Crippen LogP contribution in [0.25, 0.3) is 0 Å². The summed E-state index contributed by atoms with van der Waals surface area (Å²) in [4.78, 5) is 27.1. The summed E-state index contributed by atoms with van der Waals surface area (Å²) in [6.45, 7) is 5.41. The fourth-order valence-corrected chi connectivity index (χ4v) is 4.31. The summed E-state index contributed by atoms with van der Waals surface area (Å²) in [5, 5.41) is 0. The summed E-state index contributed by atoms with van der Waals surface area (Å²) in [7, 11) is 0. The molecule has 2 unspecified atom stereocenters. The Hall–Kier alpha value is -2.05. The predicted octanol–water partition coefficient (Wildman–Crippen LogP) is 4.78. The minimum atomic E-state index is -1.31. The summed E-state index contributed by atoms with van der Waals surface area (Å²) in [6, 6.07) is 1.29. The van der Waals surface area contributed by atoms with Crippen LogP contribution in [0.1, 0.15) is 58.4 Å². The number of carbonyl (C=O) groups excluding carboxylic acids is 2. The number of benzene rings is 1. The number of nitrogens with zero attached hydrogens (tertiary/aromatic N) is 1. The monoisotopic (exact) mass is 397 g/mol. The molecule has 1 amide bonds. The lowest BCUT2D eigenvalue weighted by molar-refractivity contribution is -0.126. The highest BCUT2D eigenvalue weighted by Gasteiger charge is 2.44. The van der Waals surface area contributed by atoms with Crippen molar-refractivity contribution >= 4 is 11.9 Å². The van der Waals surface area contributed by atoms with Gasteiger partial charge in [0.05, 0.1) is 0 Å². The zero-order valence-electron chi connectivity index (χ0n) is 16.4. The first kappa shape index (κ1) is 20.7. The van der Waals surface area contributed by atoms with Crippen LogP contribution in [0.15, 0.2) is 12.1 Å². The van der Waals surface area contributed by atoms with Crippen molar-refractivity contribution in [1.29, 1.82) is 0 Å². The van der Waals surface area contributed by atoms with E-state index < -0.39 is 41.0 Å². The van der Waals surface area contributed by atoms with Crippen molar-refractivity contribution in [3.05, 3.63) is 35.1 Å². The van der Waals surface area contributed by atoms with Gasteiger partial charge in [-0.3, -0.25) is 4.79 Å². The molecule has 1 aromatic carbocycles. The average Bonchev–Trinajstić information content (AvgIpc) is 2.59. The maximum absolute atomic E-state index is 13.9. The van der Waals surface area contributed by atoms with E-state index in [0.29, 0.717) is 18.9 Å². The van der Waals surface area contributed by atoms with Gasteiger partial charge in [-0.2, -0.15) is 0 Å². The summed E-state index contributed by atoms with van der Waals surface area (Å²) >= 11 is 0. The van der Waals surface area contributed by atoms with Gasteiger partial charge < -0.3 is 9.64 Å². The number of hydrogen-bond donors (Lipinski definition) is 0. The van der Waals surface area contributed by atoms with Crippen molar-refractivity contribution in [2.24, 2.45) is 5.92 Å². The number of ether oxygens (including phenoxy) is 1. The van der Waals surface area contributed by atoms with Crippen LogP contribution in [0.5, 0.6) is 0 Å². The first-order chi connectivity index (χ1) is 13.1. The van der Waals surface area contributed by atoms with Crippen molar-refractivity contribution < 1.29 is 27.5 Å². The second-order valence-electron chi connectivity index (χ2n) is 8.76. The van der Waals surface area contributed by atoms with E-state index in [0.717, 1.165) is 25.3 Å². The maximum Gasteiger partial charge on any atom is 0.410 e. The lowest BCUT2D eigenvalue weighted by Gasteiger charge is -2.48. The van der Waals surface area contributed by atoms with E-state index in [1.54, 1.807) is 25.7 Å². The van der Waals surface area contributed by atoms with Crippen molar-refractivity contribution in [2.75, 3.05) is 0 Å². The molecule has 2 aliphatic rings. The largest absolute Gasteiger partial charge is 0.444 e. The molecule has 28 heavy (non-hydrogen) atoms. The third-order valence-corrected chi connectivity index (χ3v) is 5.52. The van der Waals surface area contributed by atoms with E-state index in [2.05, 4.69) is 0 Å². The highest BCUT2D eigenvalue weighted by atomic mass is 19.2. The maximum atomic E-state index is 13.9. The van der Waals surface area contributed by atoms with Crippen molar-refractivity contribution in [3.8, 4) is 0 Å². The predicted molar refractivity (Wildman–Crippen MR) is 97.3 cm³/mol. The Labute approximate surface area is 163 Å². The number of hydrogen-bond acceptors (Lipinski definition) is 3. The number of amides is 1. The molecule has 0 N–H and O–H groups in total. The molecule has 0 aliphatic carbocycles. The molecule has 0 aromatic heterocycles. The molecule has 3 rings (SSSR count). The van der Waals surface area contributed by atoms with Crippen LogP contribution in [0.2, 0.25) is 0 Å². The standard InChI is InChI=1S/C21H26F3NO3/c1-21(2,3)28-20(27)25-13-5-4-6-14(25)10-12(9-13)18(26)11-15-16(22)7-8-17(23)19(15)24/h7-8,12-14H,4-6,9-11H2,1-3H3. The Kier molecular flexibility index (Phi) is 5.73. The van der Waals surface area contributed by atoms with Gasteiger partial charge in [0.25, 0.3) is 0 Å². The molecule has 2 fully saturated rings. The summed E-state index contributed by atoms with van der Waals surface area (Å²) in [5.74, 6) is -4.11. The van der Waals surface area contributed by atoms with Crippen LogP contribution >= 0.6 is 0 Å². The Bertz CT molecular complexity index is 761. The highest BCUT2D eigenvalue weighted by molar-refractivity contribution is 5.84. The minimum Gasteiger partial charge on any atom is -0.444 e. The number of ketones is 1. The molecule has 0 saturated carbocycles. The van der Waals surface area contributed by atoms with E-state index in [4.69, 9.17) is 4.74 Å². The fraction of sp³-hybridized carbons (Fsp3) is 0.619. The molecule has 1 aromatic rings. The minimum absolute atomic E-state index is 0.126. The van der Waals surface area contributed by atoms with Crippen LogP contribution < -0.4 is 0 Å². The van der Waals surface area contributed by atoms with E-state index in [9.17, 15) is 22.8 Å². The smallest absolute Gasteiger partial charge is 0.410 e. The number of halogens is 3. The number of piperidine rings is 2. The molecule has 154 valence electrons. The van der Waals surface area contributed by atoms with E-state index in [1.807, 2.05) is 0 Å². The van der Waals surface area contributed by atoms with E-state index in [-0.39, 0.29) is 24.0 Å². The molecule has 0 radical (unpaired) electrons. The Morgan fingerprint density at radius 2 is 1.64 bits per heavy atom. The topological polar surface area (TPSA) is 46.6 Å². The molecule has 2 heterocycles. The SMILES string of the molecule is CC(C)(C)OC(=O)N1C2CCCC1CC(C(=O)Cc1c(F)ccc(F)c1F)C2. The van der Waals surface area contributed by atoms with Crippen LogP contribution in [-0.2, 0) is 16.0 Å². The Morgan fingerprint density at radius 3 is 2.21 bits per heavy atom. The molecular weight excluding hydrogens is 371 g/mol. The lowest BCUT2D eigenvalue weighted by atomic mass is 9.76. The molecular formula is C21H26F3NO3. The van der Waals surface area contributed by atoms with E-state index >= 15 is 0 Å². The Morgan fingerprint density at radius 1 is 1.07 bits per heavy atom. The first-order valence-corrected chi connectivity index (χ1v) is 9.73. The Balaban J connectivity index is 1.72. The fourth-order valence-electron chi connectivity index (χ4n) is 4.31. The zero-order valence-corrected chi connectivity index (χ0v) is 16.4. The van der Waals surface area contributed by atoms with Gasteiger partial charge in [-0.15, -0.1) is 0 Å². The van der Waals surface area contributed by atoms with Crippen molar-refractivity contribution in [1.82, 2.24) is 4.90 Å². The molecule has 0 spiro atoms. The van der Waals surface area contributed by atoms with Gasteiger partial charge in [0.15, 0.2) is 11.6 Å². The van der Waals surface area contributed by atoms with Crippen LogP contribution in [0, 0.1) is 23.4 Å². The highest BCUT2D eigenvalue weighted by Crippen LogP contribution is 2.38. The summed E-state index contributed by atoms with van der Waals surface area (Å²) < 4.78 is 46.7. The van der Waals surface area contributed by atoms with Gasteiger partial charge in [0.2, 0.25) is 0 Å². The van der Waals surface area contributed by atoms with E-state index in [1.165, 1.54) is 0 Å². The number of Topliss-reactive ketones (excluding diaryl/α,β-unsaturated/α-hetero) is 1. The van der Waals surface area contributed by atoms with Crippen LogP contribution in [0.4, 0.5) is 18.0 Å².